The molecule has 156 valence electrons. The van der Waals surface area contributed by atoms with Gasteiger partial charge in [0.2, 0.25) is 5.88 Å². The number of fused-ring (bicyclic) bond motifs is 2. The lowest BCUT2D eigenvalue weighted by Gasteiger charge is -2.29. The third-order valence-corrected chi connectivity index (χ3v) is 5.38. The van der Waals surface area contributed by atoms with Crippen molar-refractivity contribution in [1.29, 1.82) is 5.41 Å². The van der Waals surface area contributed by atoms with Gasteiger partial charge in [-0.15, -0.1) is 0 Å². The first-order valence-corrected chi connectivity index (χ1v) is 9.94. The van der Waals surface area contributed by atoms with E-state index in [2.05, 4.69) is 11.9 Å². The average molecular weight is 407 g/mol. The molecular weight excluding hydrogens is 382 g/mol. The molecule has 2 aromatic carbocycles. The van der Waals surface area contributed by atoms with Crippen LogP contribution in [0.15, 0.2) is 42.7 Å². The van der Waals surface area contributed by atoms with Crippen LogP contribution in [0.4, 0.5) is 0 Å². The standard InChI is InChI=1S/C23H25N3O4/c1-4-5-10-26-13-25-23-21(22(26)24)20(16-8-7-15(27)12-18(16)30-23)14-6-9-17(28-2)19(11-14)29-3/h6-9,11-13,20,24,27H,4-5,10H2,1-3H3/t20-/m0/s1. The van der Waals surface area contributed by atoms with Gasteiger partial charge in [-0.05, 0) is 30.2 Å². The largest absolute Gasteiger partial charge is 0.508 e. The van der Waals surface area contributed by atoms with Crippen LogP contribution in [0.3, 0.4) is 0 Å². The van der Waals surface area contributed by atoms with Crippen molar-refractivity contribution in [3.63, 3.8) is 0 Å². The highest BCUT2D eigenvalue weighted by Crippen LogP contribution is 2.47. The van der Waals surface area contributed by atoms with E-state index in [4.69, 9.17) is 19.6 Å². The van der Waals surface area contributed by atoms with E-state index < -0.39 is 0 Å². The van der Waals surface area contributed by atoms with Crippen LogP contribution >= 0.6 is 0 Å². The molecule has 0 saturated carbocycles. The van der Waals surface area contributed by atoms with Gasteiger partial charge in [-0.2, -0.15) is 0 Å². The summed E-state index contributed by atoms with van der Waals surface area (Å²) in [6.07, 6.45) is 3.64. The Morgan fingerprint density at radius 1 is 1.13 bits per heavy atom. The molecule has 0 saturated heterocycles. The second-order valence-electron chi connectivity index (χ2n) is 7.23. The first kappa shape index (κ1) is 19.8. The third-order valence-electron chi connectivity index (χ3n) is 5.38. The van der Waals surface area contributed by atoms with Crippen molar-refractivity contribution < 1.29 is 19.3 Å². The fourth-order valence-electron chi connectivity index (χ4n) is 3.83. The van der Waals surface area contributed by atoms with Crippen LogP contribution in [0.2, 0.25) is 0 Å². The summed E-state index contributed by atoms with van der Waals surface area (Å²) in [6.45, 7) is 2.84. The van der Waals surface area contributed by atoms with Gasteiger partial charge in [-0.25, -0.2) is 4.98 Å². The zero-order valence-corrected chi connectivity index (χ0v) is 17.3. The number of unbranched alkanes of at least 4 members (excludes halogenated alkanes) is 1. The molecule has 0 bridgehead atoms. The highest BCUT2D eigenvalue weighted by molar-refractivity contribution is 5.58. The summed E-state index contributed by atoms with van der Waals surface area (Å²) in [6, 6.07) is 10.8. The molecular formula is C23H25N3O4. The van der Waals surface area contributed by atoms with E-state index in [1.165, 1.54) is 0 Å². The Labute approximate surface area is 175 Å². The first-order chi connectivity index (χ1) is 14.6. The Kier molecular flexibility index (Phi) is 5.35. The number of ether oxygens (including phenoxy) is 3. The molecule has 0 radical (unpaired) electrons. The maximum atomic E-state index is 9.96. The van der Waals surface area contributed by atoms with Crippen LogP contribution in [-0.4, -0.2) is 28.9 Å². The molecule has 0 fully saturated rings. The van der Waals surface area contributed by atoms with Crippen LogP contribution in [0.1, 0.15) is 42.4 Å². The molecule has 1 aromatic heterocycles. The maximum absolute atomic E-state index is 9.96. The summed E-state index contributed by atoms with van der Waals surface area (Å²) in [5, 5.41) is 18.8. The lowest BCUT2D eigenvalue weighted by molar-refractivity contribution is 0.354. The number of hydrogen-bond acceptors (Lipinski definition) is 6. The van der Waals surface area contributed by atoms with Crippen LogP contribution in [-0.2, 0) is 6.54 Å². The Morgan fingerprint density at radius 3 is 2.67 bits per heavy atom. The van der Waals surface area contributed by atoms with Gasteiger partial charge in [0.15, 0.2) is 11.5 Å². The highest BCUT2D eigenvalue weighted by atomic mass is 16.5. The number of rotatable bonds is 6. The molecule has 1 aliphatic heterocycles. The van der Waals surface area contributed by atoms with Crippen molar-refractivity contribution in [2.24, 2.45) is 0 Å². The monoisotopic (exact) mass is 407 g/mol. The predicted molar refractivity (Wildman–Crippen MR) is 112 cm³/mol. The zero-order valence-electron chi connectivity index (χ0n) is 17.3. The van der Waals surface area contributed by atoms with Gasteiger partial charge in [0.05, 0.1) is 19.8 Å². The molecule has 2 heterocycles. The van der Waals surface area contributed by atoms with Gasteiger partial charge in [-0.3, -0.25) is 5.41 Å². The van der Waals surface area contributed by atoms with Crippen molar-refractivity contribution in [3.8, 4) is 28.9 Å². The number of phenolic OH excluding ortho intramolecular Hbond substituents is 1. The normalized spacial score (nSPS) is 14.4. The van der Waals surface area contributed by atoms with Gasteiger partial charge in [0.1, 0.15) is 23.3 Å². The quantitative estimate of drug-likeness (QED) is 0.501. The number of aromatic nitrogens is 2. The predicted octanol–water partition coefficient (Wildman–Crippen LogP) is 4.17. The fraction of sp³-hybridized carbons (Fsp3) is 0.304. The summed E-state index contributed by atoms with van der Waals surface area (Å²) in [5.41, 5.74) is 2.84. The fourth-order valence-corrected chi connectivity index (χ4v) is 3.83. The molecule has 7 heteroatoms. The van der Waals surface area contributed by atoms with Gasteiger partial charge in [0, 0.05) is 24.1 Å². The third kappa shape index (κ3) is 3.36. The van der Waals surface area contributed by atoms with E-state index in [9.17, 15) is 5.11 Å². The molecule has 0 amide bonds. The Morgan fingerprint density at radius 2 is 1.93 bits per heavy atom. The smallest absolute Gasteiger partial charge is 0.228 e. The van der Waals surface area contributed by atoms with Crippen molar-refractivity contribution in [2.45, 2.75) is 32.2 Å². The number of phenols is 1. The van der Waals surface area contributed by atoms with Crippen LogP contribution < -0.4 is 19.7 Å². The second kappa shape index (κ2) is 8.10. The number of benzene rings is 2. The summed E-state index contributed by atoms with van der Waals surface area (Å²) < 4.78 is 18.7. The van der Waals surface area contributed by atoms with Crippen LogP contribution in [0, 0.1) is 5.41 Å². The number of methoxy groups -OCH3 is 2. The summed E-state index contributed by atoms with van der Waals surface area (Å²) in [5.74, 6) is 1.97. The van der Waals surface area contributed by atoms with E-state index >= 15 is 0 Å². The van der Waals surface area contributed by atoms with Crippen molar-refractivity contribution >= 4 is 0 Å². The van der Waals surface area contributed by atoms with Gasteiger partial charge >= 0.3 is 0 Å². The minimum Gasteiger partial charge on any atom is -0.508 e. The molecule has 3 aromatic rings. The van der Waals surface area contributed by atoms with Crippen molar-refractivity contribution in [2.75, 3.05) is 14.2 Å². The highest BCUT2D eigenvalue weighted by Gasteiger charge is 2.32. The topological polar surface area (TPSA) is 89.6 Å². The lowest BCUT2D eigenvalue weighted by Crippen LogP contribution is -2.29. The van der Waals surface area contributed by atoms with E-state index in [1.54, 1.807) is 32.7 Å². The number of nitrogens with zero attached hydrogens (tertiary/aromatic N) is 2. The molecule has 0 unspecified atom stereocenters. The van der Waals surface area contributed by atoms with Gasteiger partial charge in [-0.1, -0.05) is 25.5 Å². The minimum absolute atomic E-state index is 0.114. The molecule has 0 spiro atoms. The van der Waals surface area contributed by atoms with Crippen LogP contribution in [0.5, 0.6) is 28.9 Å². The first-order valence-electron chi connectivity index (χ1n) is 9.94. The van der Waals surface area contributed by atoms with E-state index in [0.29, 0.717) is 34.2 Å². The molecule has 4 rings (SSSR count). The molecule has 2 N–H and O–H groups in total. The van der Waals surface area contributed by atoms with Gasteiger partial charge < -0.3 is 23.9 Å². The number of hydrogen-bond donors (Lipinski definition) is 2. The molecule has 30 heavy (non-hydrogen) atoms. The lowest BCUT2D eigenvalue weighted by atomic mass is 9.83. The number of aromatic hydroxyl groups is 1. The molecule has 0 aliphatic carbocycles. The van der Waals surface area contributed by atoms with Crippen LogP contribution in [0.25, 0.3) is 0 Å². The van der Waals surface area contributed by atoms with Crippen molar-refractivity contribution in [1.82, 2.24) is 9.55 Å². The maximum Gasteiger partial charge on any atom is 0.228 e. The Balaban J connectivity index is 1.94. The molecule has 7 nitrogen and oxygen atoms in total. The van der Waals surface area contributed by atoms with Crippen molar-refractivity contribution in [3.05, 3.63) is 64.9 Å². The zero-order chi connectivity index (χ0) is 21.3. The Hall–Kier alpha value is -3.48. The van der Waals surface area contributed by atoms with E-state index in [0.717, 1.165) is 30.5 Å². The summed E-state index contributed by atoms with van der Waals surface area (Å²) in [4.78, 5) is 4.50. The number of nitrogens with one attached hydrogen (secondary N) is 1. The summed E-state index contributed by atoms with van der Waals surface area (Å²) >= 11 is 0. The summed E-state index contributed by atoms with van der Waals surface area (Å²) in [7, 11) is 3.20. The average Bonchev–Trinajstić information content (AvgIpc) is 2.76. The Bertz CT molecular complexity index is 1140. The molecule has 1 aliphatic rings. The molecule has 1 atom stereocenters. The van der Waals surface area contributed by atoms with E-state index in [-0.39, 0.29) is 11.7 Å². The SMILES string of the molecule is CCCCn1cnc2c(c1=N)[C@@H](c1ccc(OC)c(OC)c1)c1ccc(O)cc1O2. The minimum atomic E-state index is -0.293. The second-order valence-corrected chi connectivity index (χ2v) is 7.23. The van der Waals surface area contributed by atoms with Gasteiger partial charge in [0.25, 0.3) is 0 Å². The number of aryl methyl sites for hydroxylation is 1. The van der Waals surface area contributed by atoms with E-state index in [1.807, 2.05) is 28.8 Å².